The van der Waals surface area contributed by atoms with Gasteiger partial charge in [-0.2, -0.15) is 5.26 Å². The molecule has 0 aromatic heterocycles. The molecule has 34 heavy (non-hydrogen) atoms. The predicted molar refractivity (Wildman–Crippen MR) is 133 cm³/mol. The van der Waals surface area contributed by atoms with Crippen LogP contribution in [-0.2, 0) is 4.79 Å². The molecule has 0 aromatic rings. The number of likely N-dealkylation sites (N-methyl/N-ethyl adjacent to an activating group) is 1. The first-order chi connectivity index (χ1) is 16.3. The van der Waals surface area contributed by atoms with Crippen LogP contribution in [0.2, 0.25) is 0 Å². The average Bonchev–Trinajstić information content (AvgIpc) is 3.20. The van der Waals surface area contributed by atoms with Crippen molar-refractivity contribution >= 4 is 5.91 Å². The van der Waals surface area contributed by atoms with Gasteiger partial charge in [0, 0.05) is 31.7 Å². The van der Waals surface area contributed by atoms with E-state index < -0.39 is 0 Å². The fraction of sp³-hybridized carbons (Fsp3) is 0.926. The largest absolute Gasteiger partial charge is 0.368 e. The summed E-state index contributed by atoms with van der Waals surface area (Å²) >= 11 is 0. The Bertz CT molecular complexity index is 778. The predicted octanol–water partition coefficient (Wildman–Crippen LogP) is 2.39. The second-order valence-corrected chi connectivity index (χ2v) is 12.8. The van der Waals surface area contributed by atoms with Crippen LogP contribution in [0.15, 0.2) is 0 Å². The van der Waals surface area contributed by atoms with Gasteiger partial charge in [0.25, 0.3) is 0 Å². The Hall–Kier alpha value is -1.20. The van der Waals surface area contributed by atoms with Gasteiger partial charge in [-0.1, -0.05) is 0 Å². The Labute approximate surface area is 205 Å². The van der Waals surface area contributed by atoms with Crippen molar-refractivity contribution in [3.63, 3.8) is 0 Å². The molecule has 2 aliphatic carbocycles. The van der Waals surface area contributed by atoms with Crippen LogP contribution in [0.5, 0.6) is 0 Å². The highest BCUT2D eigenvalue weighted by Crippen LogP contribution is 2.49. The molecule has 3 heterocycles. The molecule has 3 aliphatic heterocycles. The summed E-state index contributed by atoms with van der Waals surface area (Å²) in [6, 6.07) is 4.22. The number of rotatable bonds is 4. The summed E-state index contributed by atoms with van der Waals surface area (Å²) in [4.78, 5) is 11.6. The second-order valence-electron chi connectivity index (χ2n) is 12.8. The van der Waals surface area contributed by atoms with Gasteiger partial charge in [0.2, 0.25) is 5.91 Å². The number of hydrogen-bond donors (Lipinski definition) is 4. The van der Waals surface area contributed by atoms with E-state index in [0.29, 0.717) is 35.9 Å². The zero-order chi connectivity index (χ0) is 24.0. The number of carbonyl (C=O) groups is 1. The summed E-state index contributed by atoms with van der Waals surface area (Å²) in [6.45, 7) is 6.29. The molecule has 7 heteroatoms. The highest BCUT2D eigenvalue weighted by molar-refractivity contribution is 5.79. The maximum absolute atomic E-state index is 11.6. The van der Waals surface area contributed by atoms with Gasteiger partial charge < -0.3 is 16.4 Å². The van der Waals surface area contributed by atoms with Crippen LogP contribution in [0.25, 0.3) is 0 Å². The summed E-state index contributed by atoms with van der Waals surface area (Å²) in [5, 5.41) is 19.4. The van der Waals surface area contributed by atoms with Crippen molar-refractivity contribution in [2.45, 2.75) is 95.8 Å². The molecule has 2 saturated carbocycles. The van der Waals surface area contributed by atoms with Gasteiger partial charge >= 0.3 is 0 Å². The zero-order valence-electron chi connectivity index (χ0n) is 21.4. The van der Waals surface area contributed by atoms with Gasteiger partial charge in [-0.15, -0.1) is 0 Å². The maximum Gasteiger partial charge on any atom is 0.234 e. The maximum atomic E-state index is 11.6. The number of carbonyl (C=O) groups excluding carboxylic acids is 1. The topological polar surface area (TPSA) is 106 Å². The Kier molecular flexibility index (Phi) is 6.98. The van der Waals surface area contributed by atoms with E-state index in [-0.39, 0.29) is 17.4 Å². The standard InChI is InChI=1S/C27H46N6O/c1-27(2,15-28)19-8-4-16(5-9-19)25-24-20-12-17(18-7-11-22(26(29)34)30-13-18)6-10-21(20)31-14-23(24)33(3)32-25/h16-25,30-32H,4-14H2,1-3H3,(H2,29,34). The first-order valence-corrected chi connectivity index (χ1v) is 13.9. The number of fused-ring (bicyclic) bond motifs is 3. The highest BCUT2D eigenvalue weighted by Gasteiger charge is 2.53. The lowest BCUT2D eigenvalue weighted by molar-refractivity contribution is -0.120. The summed E-state index contributed by atoms with van der Waals surface area (Å²) in [5.41, 5.74) is 9.28. The molecule has 190 valence electrons. The zero-order valence-corrected chi connectivity index (χ0v) is 21.4. The quantitative estimate of drug-likeness (QED) is 0.503. The number of nitrogens with zero attached hydrogens (tertiary/aromatic N) is 2. The highest BCUT2D eigenvalue weighted by atomic mass is 16.1. The van der Waals surface area contributed by atoms with Crippen molar-refractivity contribution in [2.75, 3.05) is 20.1 Å². The number of nitrogens with one attached hydrogen (secondary N) is 3. The van der Waals surface area contributed by atoms with Crippen molar-refractivity contribution in [3.8, 4) is 6.07 Å². The molecular weight excluding hydrogens is 424 g/mol. The molecule has 5 rings (SSSR count). The van der Waals surface area contributed by atoms with E-state index >= 15 is 0 Å². The summed E-state index contributed by atoms with van der Waals surface area (Å²) < 4.78 is 0. The number of piperidine rings is 2. The number of amides is 1. The lowest BCUT2D eigenvalue weighted by Gasteiger charge is -2.50. The smallest absolute Gasteiger partial charge is 0.234 e. The van der Waals surface area contributed by atoms with Gasteiger partial charge in [-0.3, -0.25) is 10.2 Å². The fourth-order valence-corrected chi connectivity index (χ4v) is 8.59. The van der Waals surface area contributed by atoms with E-state index in [9.17, 15) is 10.1 Å². The minimum atomic E-state index is -0.203. The molecule has 5 fully saturated rings. The van der Waals surface area contributed by atoms with Gasteiger partial charge in [0.15, 0.2) is 0 Å². The third-order valence-electron chi connectivity index (χ3n) is 10.8. The second kappa shape index (κ2) is 9.69. The molecule has 5 N–H and O–H groups in total. The Morgan fingerprint density at radius 2 is 1.68 bits per heavy atom. The molecule has 5 aliphatic rings. The van der Waals surface area contributed by atoms with Crippen LogP contribution >= 0.6 is 0 Å². The van der Waals surface area contributed by atoms with Crippen LogP contribution < -0.4 is 21.8 Å². The van der Waals surface area contributed by atoms with E-state index in [1.807, 2.05) is 0 Å². The van der Waals surface area contributed by atoms with E-state index in [1.54, 1.807) is 0 Å². The number of nitriles is 1. The molecule has 1 amide bonds. The number of hydrazine groups is 1. The van der Waals surface area contributed by atoms with Crippen molar-refractivity contribution in [1.29, 1.82) is 5.26 Å². The third-order valence-corrected chi connectivity index (χ3v) is 10.8. The molecule has 8 unspecified atom stereocenters. The lowest BCUT2D eigenvalue weighted by atomic mass is 9.60. The molecule has 8 atom stereocenters. The van der Waals surface area contributed by atoms with Crippen LogP contribution in [-0.4, -0.2) is 55.2 Å². The molecule has 7 nitrogen and oxygen atoms in total. The Balaban J connectivity index is 1.26. The van der Waals surface area contributed by atoms with Crippen LogP contribution in [0, 0.1) is 52.3 Å². The molecule has 0 radical (unpaired) electrons. The molecule has 0 spiro atoms. The number of nitrogens with two attached hydrogens (primary N) is 1. The van der Waals surface area contributed by atoms with Crippen molar-refractivity contribution < 1.29 is 4.79 Å². The molecular formula is C27H46N6O. The SMILES string of the molecule is CN1NC(C2CCC(C(C)(C)C#N)CC2)C2C3CC(C4CCC(C(N)=O)NC4)CCC3NCC21. The summed E-state index contributed by atoms with van der Waals surface area (Å²) in [5.74, 6) is 3.91. The Morgan fingerprint density at radius 3 is 2.32 bits per heavy atom. The number of primary amides is 1. The minimum Gasteiger partial charge on any atom is -0.368 e. The molecule has 0 aromatic carbocycles. The van der Waals surface area contributed by atoms with Gasteiger partial charge in [-0.05, 0) is 114 Å². The lowest BCUT2D eigenvalue weighted by Crippen LogP contribution is -2.59. The van der Waals surface area contributed by atoms with E-state index in [0.717, 1.165) is 43.7 Å². The van der Waals surface area contributed by atoms with E-state index in [2.05, 4.69) is 48.0 Å². The molecule has 0 bridgehead atoms. The summed E-state index contributed by atoms with van der Waals surface area (Å²) in [6.07, 6.45) is 10.8. The van der Waals surface area contributed by atoms with Crippen LogP contribution in [0.1, 0.15) is 71.6 Å². The van der Waals surface area contributed by atoms with Gasteiger partial charge in [0.1, 0.15) is 0 Å². The number of hydrogen-bond acceptors (Lipinski definition) is 6. The first kappa shape index (κ1) is 24.5. The van der Waals surface area contributed by atoms with Gasteiger partial charge in [-0.25, -0.2) is 5.01 Å². The van der Waals surface area contributed by atoms with E-state index in [1.165, 1.54) is 44.9 Å². The average molecular weight is 471 g/mol. The Morgan fingerprint density at radius 1 is 0.971 bits per heavy atom. The third kappa shape index (κ3) is 4.52. The van der Waals surface area contributed by atoms with Crippen molar-refractivity contribution in [1.82, 2.24) is 21.1 Å². The van der Waals surface area contributed by atoms with Crippen molar-refractivity contribution in [2.24, 2.45) is 46.7 Å². The van der Waals surface area contributed by atoms with Crippen molar-refractivity contribution in [3.05, 3.63) is 0 Å². The minimum absolute atomic E-state index is 0.133. The van der Waals surface area contributed by atoms with Gasteiger partial charge in [0.05, 0.1) is 17.5 Å². The summed E-state index contributed by atoms with van der Waals surface area (Å²) in [7, 11) is 2.25. The van der Waals surface area contributed by atoms with Crippen LogP contribution in [0.3, 0.4) is 0 Å². The fourth-order valence-electron chi connectivity index (χ4n) is 8.59. The normalized spacial score (nSPS) is 45.7. The van der Waals surface area contributed by atoms with Crippen LogP contribution in [0.4, 0.5) is 0 Å². The first-order valence-electron chi connectivity index (χ1n) is 13.9. The molecule has 3 saturated heterocycles. The monoisotopic (exact) mass is 470 g/mol. The van der Waals surface area contributed by atoms with E-state index in [4.69, 9.17) is 5.73 Å².